The number of aryl methyl sites for hydroxylation is 2. The second kappa shape index (κ2) is 2.77. The third-order valence-electron chi connectivity index (χ3n) is 2.42. The summed E-state index contributed by atoms with van der Waals surface area (Å²) in [5, 5.41) is 8.69. The first kappa shape index (κ1) is 8.12. The van der Waals surface area contributed by atoms with E-state index in [1.807, 2.05) is 0 Å². The zero-order valence-electron chi connectivity index (χ0n) is 7.91. The van der Waals surface area contributed by atoms with Gasteiger partial charge >= 0.3 is 0 Å². The van der Waals surface area contributed by atoms with Crippen molar-refractivity contribution in [2.45, 2.75) is 19.9 Å². The molecule has 0 radical (unpaired) electrons. The minimum absolute atomic E-state index is 0.112. The van der Waals surface area contributed by atoms with Gasteiger partial charge in [0.25, 0.3) is 0 Å². The molecule has 13 heavy (non-hydrogen) atoms. The van der Waals surface area contributed by atoms with Gasteiger partial charge < -0.3 is 4.90 Å². The molecule has 1 aliphatic heterocycles. The molecule has 2 rings (SSSR count). The predicted octanol–water partition coefficient (Wildman–Crippen LogP) is 2.02. The van der Waals surface area contributed by atoms with Crippen LogP contribution < -0.4 is 4.90 Å². The van der Waals surface area contributed by atoms with Gasteiger partial charge in [-0.05, 0) is 25.5 Å². The van der Waals surface area contributed by atoms with Crippen LogP contribution in [0.4, 0.5) is 5.69 Å². The molecule has 0 aromatic heterocycles. The molecule has 66 valence electrons. The lowest BCUT2D eigenvalue weighted by molar-refractivity contribution is 1.23. The Labute approximate surface area is 78.4 Å². The normalized spacial score (nSPS) is 19.8. The van der Waals surface area contributed by atoms with Gasteiger partial charge in [-0.25, -0.2) is 0 Å². The van der Waals surface area contributed by atoms with Crippen molar-refractivity contribution in [2.75, 3.05) is 11.4 Å². The summed E-state index contributed by atoms with van der Waals surface area (Å²) in [6, 6.07) is 8.71. The monoisotopic (exact) mass is 172 g/mol. The van der Waals surface area contributed by atoms with Crippen LogP contribution in [0.1, 0.15) is 11.1 Å². The molecular formula is C11H12N2. The third kappa shape index (κ3) is 1.38. The summed E-state index contributed by atoms with van der Waals surface area (Å²) in [6.45, 7) is 5.07. The number of benzene rings is 1. The van der Waals surface area contributed by atoms with Crippen molar-refractivity contribution in [3.63, 3.8) is 0 Å². The summed E-state index contributed by atoms with van der Waals surface area (Å²) >= 11 is 0. The maximum atomic E-state index is 8.69. The maximum Gasteiger partial charge on any atom is 0.134 e. The van der Waals surface area contributed by atoms with Crippen molar-refractivity contribution in [1.29, 1.82) is 5.26 Å². The van der Waals surface area contributed by atoms with Crippen LogP contribution in [-0.4, -0.2) is 12.6 Å². The van der Waals surface area contributed by atoms with Crippen molar-refractivity contribution in [3.05, 3.63) is 29.3 Å². The van der Waals surface area contributed by atoms with Gasteiger partial charge in [0, 0.05) is 5.69 Å². The maximum absolute atomic E-state index is 8.69. The minimum atomic E-state index is 0.112. The minimum Gasteiger partial charge on any atom is -0.351 e. The average Bonchev–Trinajstić information content (AvgIpc) is 2.83. The fraction of sp³-hybridized carbons (Fsp3) is 0.364. The molecule has 0 N–H and O–H groups in total. The van der Waals surface area contributed by atoms with Gasteiger partial charge in [0.15, 0.2) is 0 Å². The Morgan fingerprint density at radius 1 is 1.46 bits per heavy atom. The van der Waals surface area contributed by atoms with Gasteiger partial charge in [0.1, 0.15) is 6.04 Å². The standard InChI is InChI=1S/C11H12N2/c1-8-3-4-11(9(2)5-8)13-7-10(13)6-12/h3-5,10H,7H2,1-2H3. The number of nitrogens with zero attached hydrogens (tertiary/aromatic N) is 2. The number of rotatable bonds is 1. The van der Waals surface area contributed by atoms with E-state index < -0.39 is 0 Å². The molecule has 1 aromatic carbocycles. The molecule has 2 heteroatoms. The molecule has 0 saturated carbocycles. The number of nitriles is 1. The van der Waals surface area contributed by atoms with Crippen molar-refractivity contribution >= 4 is 5.69 Å². The van der Waals surface area contributed by atoms with Gasteiger partial charge in [-0.2, -0.15) is 5.26 Å². The molecule has 1 fully saturated rings. The predicted molar refractivity (Wildman–Crippen MR) is 52.7 cm³/mol. The molecule has 1 aliphatic rings. The lowest BCUT2D eigenvalue weighted by Crippen LogP contribution is -1.98. The summed E-state index contributed by atoms with van der Waals surface area (Å²) in [5.74, 6) is 0. The highest BCUT2D eigenvalue weighted by Crippen LogP contribution is 2.30. The zero-order chi connectivity index (χ0) is 9.42. The van der Waals surface area contributed by atoms with Crippen LogP contribution in [-0.2, 0) is 0 Å². The molecule has 0 bridgehead atoms. The van der Waals surface area contributed by atoms with E-state index in [1.165, 1.54) is 16.8 Å². The quantitative estimate of drug-likeness (QED) is 0.606. The molecule has 1 atom stereocenters. The van der Waals surface area contributed by atoms with Crippen LogP contribution in [0.25, 0.3) is 0 Å². The highest BCUT2D eigenvalue weighted by molar-refractivity contribution is 5.61. The first-order chi connectivity index (χ1) is 6.22. The number of anilines is 1. The first-order valence-electron chi connectivity index (χ1n) is 4.46. The molecule has 1 saturated heterocycles. The Balaban J connectivity index is 2.29. The summed E-state index contributed by atoms with van der Waals surface area (Å²) in [7, 11) is 0. The summed E-state index contributed by atoms with van der Waals surface area (Å²) < 4.78 is 0. The van der Waals surface area contributed by atoms with Gasteiger partial charge in [-0.3, -0.25) is 0 Å². The SMILES string of the molecule is Cc1ccc(N2CC2C#N)c(C)c1. The average molecular weight is 172 g/mol. The third-order valence-corrected chi connectivity index (χ3v) is 2.42. The summed E-state index contributed by atoms with van der Waals surface area (Å²) in [5.41, 5.74) is 3.74. The van der Waals surface area contributed by atoms with E-state index in [4.69, 9.17) is 5.26 Å². The Hall–Kier alpha value is -1.49. The van der Waals surface area contributed by atoms with Gasteiger partial charge in [-0.15, -0.1) is 0 Å². The van der Waals surface area contributed by atoms with Crippen LogP contribution in [0.15, 0.2) is 18.2 Å². The molecule has 2 nitrogen and oxygen atoms in total. The Morgan fingerprint density at radius 2 is 2.23 bits per heavy atom. The van der Waals surface area contributed by atoms with Gasteiger partial charge in [-0.1, -0.05) is 17.7 Å². The summed E-state index contributed by atoms with van der Waals surface area (Å²) in [6.07, 6.45) is 0. The Morgan fingerprint density at radius 3 is 2.77 bits per heavy atom. The topological polar surface area (TPSA) is 26.8 Å². The lowest BCUT2D eigenvalue weighted by atomic mass is 10.1. The van der Waals surface area contributed by atoms with E-state index in [9.17, 15) is 0 Å². The van der Waals surface area contributed by atoms with Crippen LogP contribution >= 0.6 is 0 Å². The van der Waals surface area contributed by atoms with E-state index in [2.05, 4.69) is 43.0 Å². The van der Waals surface area contributed by atoms with Gasteiger partial charge in [0.2, 0.25) is 0 Å². The fourth-order valence-corrected chi connectivity index (χ4v) is 1.64. The molecular weight excluding hydrogens is 160 g/mol. The van der Waals surface area contributed by atoms with E-state index in [0.29, 0.717) is 0 Å². The second-order valence-corrected chi connectivity index (χ2v) is 3.59. The van der Waals surface area contributed by atoms with Crippen molar-refractivity contribution < 1.29 is 0 Å². The largest absolute Gasteiger partial charge is 0.351 e. The molecule has 0 spiro atoms. The highest BCUT2D eigenvalue weighted by atomic mass is 15.3. The fourth-order valence-electron chi connectivity index (χ4n) is 1.64. The van der Waals surface area contributed by atoms with Gasteiger partial charge in [0.05, 0.1) is 12.6 Å². The highest BCUT2D eigenvalue weighted by Gasteiger charge is 2.34. The molecule has 0 amide bonds. The van der Waals surface area contributed by atoms with Crippen molar-refractivity contribution in [2.24, 2.45) is 0 Å². The molecule has 1 heterocycles. The van der Waals surface area contributed by atoms with Crippen molar-refractivity contribution in [3.8, 4) is 6.07 Å². The van der Waals surface area contributed by atoms with Crippen LogP contribution in [0.5, 0.6) is 0 Å². The smallest absolute Gasteiger partial charge is 0.134 e. The van der Waals surface area contributed by atoms with Crippen molar-refractivity contribution in [1.82, 2.24) is 0 Å². The first-order valence-corrected chi connectivity index (χ1v) is 4.46. The molecule has 1 unspecified atom stereocenters. The number of hydrogen-bond donors (Lipinski definition) is 0. The molecule has 0 aliphatic carbocycles. The van der Waals surface area contributed by atoms with E-state index in [0.717, 1.165) is 6.54 Å². The Kier molecular flexibility index (Phi) is 1.73. The van der Waals surface area contributed by atoms with E-state index in [-0.39, 0.29) is 6.04 Å². The number of hydrogen-bond acceptors (Lipinski definition) is 2. The summed E-state index contributed by atoms with van der Waals surface area (Å²) in [4.78, 5) is 2.12. The van der Waals surface area contributed by atoms with Crippen LogP contribution in [0, 0.1) is 25.2 Å². The van der Waals surface area contributed by atoms with Crippen LogP contribution in [0.3, 0.4) is 0 Å². The second-order valence-electron chi connectivity index (χ2n) is 3.59. The molecule has 1 aromatic rings. The Bertz CT molecular complexity index is 376. The zero-order valence-corrected chi connectivity index (χ0v) is 7.91. The van der Waals surface area contributed by atoms with E-state index in [1.54, 1.807) is 0 Å². The van der Waals surface area contributed by atoms with Crippen LogP contribution in [0.2, 0.25) is 0 Å². The van der Waals surface area contributed by atoms with E-state index >= 15 is 0 Å². The lowest BCUT2D eigenvalue weighted by Gasteiger charge is -2.07.